The Kier molecular flexibility index (Phi) is 4.12. The number of nitrogens with zero attached hydrogens (tertiary/aromatic N) is 4. The quantitative estimate of drug-likeness (QED) is 0.862. The highest BCUT2D eigenvalue weighted by Gasteiger charge is 2.37. The third-order valence-electron chi connectivity index (χ3n) is 5.63. The van der Waals surface area contributed by atoms with E-state index in [2.05, 4.69) is 51.9 Å². The van der Waals surface area contributed by atoms with Crippen molar-refractivity contribution in [3.8, 4) is 0 Å². The molecule has 1 atom stereocenters. The van der Waals surface area contributed by atoms with E-state index in [1.54, 1.807) is 0 Å². The molecule has 3 heterocycles. The second-order valence-corrected chi connectivity index (χ2v) is 7.43. The Labute approximate surface area is 149 Å². The second kappa shape index (κ2) is 6.30. The molecule has 0 saturated carbocycles. The molecule has 0 radical (unpaired) electrons. The van der Waals surface area contributed by atoms with Gasteiger partial charge in [-0.3, -0.25) is 14.4 Å². The van der Waals surface area contributed by atoms with Crippen LogP contribution in [-0.2, 0) is 17.8 Å². The zero-order valence-electron chi connectivity index (χ0n) is 15.3. The summed E-state index contributed by atoms with van der Waals surface area (Å²) in [5.74, 6) is 0.251. The van der Waals surface area contributed by atoms with E-state index in [-0.39, 0.29) is 11.9 Å². The van der Waals surface area contributed by atoms with E-state index in [1.807, 2.05) is 18.7 Å². The summed E-state index contributed by atoms with van der Waals surface area (Å²) in [4.78, 5) is 17.2. The van der Waals surface area contributed by atoms with E-state index < -0.39 is 0 Å². The molecule has 2 aromatic rings. The van der Waals surface area contributed by atoms with Gasteiger partial charge in [-0.05, 0) is 44.4 Å². The SMILES string of the molecule is Cc1cc(C)n(C2CN([C@H](C)C(=O)N3CCc4ccccc4C3)C2)n1. The highest BCUT2D eigenvalue weighted by Crippen LogP contribution is 2.26. The van der Waals surface area contributed by atoms with Gasteiger partial charge in [-0.15, -0.1) is 0 Å². The predicted octanol–water partition coefficient (Wildman–Crippen LogP) is 2.33. The van der Waals surface area contributed by atoms with Crippen molar-refractivity contribution < 1.29 is 4.79 Å². The number of carbonyl (C=O) groups excluding carboxylic acids is 1. The summed E-state index contributed by atoms with van der Waals surface area (Å²) in [6.45, 7) is 9.55. The maximum Gasteiger partial charge on any atom is 0.239 e. The Morgan fingerprint density at radius 2 is 1.92 bits per heavy atom. The molecule has 2 aliphatic heterocycles. The molecule has 1 aromatic heterocycles. The van der Waals surface area contributed by atoms with Gasteiger partial charge in [-0.25, -0.2) is 0 Å². The Balaban J connectivity index is 1.37. The fourth-order valence-electron chi connectivity index (χ4n) is 4.08. The molecular formula is C20H26N4O. The first kappa shape index (κ1) is 16.3. The van der Waals surface area contributed by atoms with E-state index in [0.717, 1.165) is 38.3 Å². The van der Waals surface area contributed by atoms with Crippen molar-refractivity contribution in [2.75, 3.05) is 19.6 Å². The molecule has 1 amide bonds. The first-order valence-electron chi connectivity index (χ1n) is 9.15. The molecule has 0 spiro atoms. The summed E-state index contributed by atoms with van der Waals surface area (Å²) in [6.07, 6.45) is 0.961. The van der Waals surface area contributed by atoms with Crippen LogP contribution in [0.2, 0.25) is 0 Å². The van der Waals surface area contributed by atoms with Crippen LogP contribution in [0.1, 0.15) is 35.5 Å². The van der Waals surface area contributed by atoms with Crippen molar-refractivity contribution in [2.24, 2.45) is 0 Å². The molecule has 0 aliphatic carbocycles. The van der Waals surface area contributed by atoms with E-state index in [9.17, 15) is 4.79 Å². The maximum absolute atomic E-state index is 12.9. The number of rotatable bonds is 3. The van der Waals surface area contributed by atoms with Gasteiger partial charge < -0.3 is 4.90 Å². The zero-order chi connectivity index (χ0) is 17.6. The smallest absolute Gasteiger partial charge is 0.239 e. The topological polar surface area (TPSA) is 41.4 Å². The van der Waals surface area contributed by atoms with Crippen LogP contribution in [0.25, 0.3) is 0 Å². The van der Waals surface area contributed by atoms with Crippen molar-refractivity contribution in [1.29, 1.82) is 0 Å². The summed E-state index contributed by atoms with van der Waals surface area (Å²) in [5, 5.41) is 4.58. The third-order valence-corrected chi connectivity index (χ3v) is 5.63. The van der Waals surface area contributed by atoms with Crippen LogP contribution < -0.4 is 0 Å². The summed E-state index contributed by atoms with van der Waals surface area (Å²) in [6, 6.07) is 10.9. The standard InChI is InChI=1S/C20H26N4O/c1-14-10-15(2)24(21-14)19-12-23(13-19)16(3)20(25)22-9-8-17-6-4-5-7-18(17)11-22/h4-7,10,16,19H,8-9,11-13H2,1-3H3/t16-/m1/s1. The number of hydrogen-bond acceptors (Lipinski definition) is 3. The fraction of sp³-hybridized carbons (Fsp3) is 0.500. The first-order chi connectivity index (χ1) is 12.0. The zero-order valence-corrected chi connectivity index (χ0v) is 15.3. The Bertz CT molecular complexity index is 791. The van der Waals surface area contributed by atoms with E-state index >= 15 is 0 Å². The average Bonchev–Trinajstić information content (AvgIpc) is 2.90. The van der Waals surface area contributed by atoms with Crippen molar-refractivity contribution >= 4 is 5.91 Å². The molecule has 2 aliphatic rings. The Morgan fingerprint density at radius 3 is 2.60 bits per heavy atom. The molecule has 4 rings (SSSR count). The largest absolute Gasteiger partial charge is 0.337 e. The molecule has 0 bridgehead atoms. The van der Waals surface area contributed by atoms with Gasteiger partial charge in [-0.1, -0.05) is 24.3 Å². The predicted molar refractivity (Wildman–Crippen MR) is 97.3 cm³/mol. The van der Waals surface area contributed by atoms with Gasteiger partial charge in [0.15, 0.2) is 0 Å². The normalized spacial score (nSPS) is 19.4. The van der Waals surface area contributed by atoms with Gasteiger partial charge in [0.05, 0.1) is 17.8 Å². The monoisotopic (exact) mass is 338 g/mol. The van der Waals surface area contributed by atoms with Gasteiger partial charge in [0.1, 0.15) is 0 Å². The van der Waals surface area contributed by atoms with Crippen molar-refractivity contribution in [3.63, 3.8) is 0 Å². The number of carbonyl (C=O) groups is 1. The van der Waals surface area contributed by atoms with E-state index in [4.69, 9.17) is 0 Å². The number of likely N-dealkylation sites (tertiary alicyclic amines) is 1. The molecule has 0 unspecified atom stereocenters. The maximum atomic E-state index is 12.9. The van der Waals surface area contributed by atoms with Crippen LogP contribution >= 0.6 is 0 Å². The lowest BCUT2D eigenvalue weighted by Gasteiger charge is -2.44. The van der Waals surface area contributed by atoms with Crippen LogP contribution in [0.3, 0.4) is 0 Å². The highest BCUT2D eigenvalue weighted by atomic mass is 16.2. The first-order valence-corrected chi connectivity index (χ1v) is 9.15. The van der Waals surface area contributed by atoms with Gasteiger partial charge in [-0.2, -0.15) is 5.10 Å². The molecule has 5 nitrogen and oxygen atoms in total. The van der Waals surface area contributed by atoms with Crippen molar-refractivity contribution in [1.82, 2.24) is 19.6 Å². The van der Waals surface area contributed by atoms with Gasteiger partial charge in [0.2, 0.25) is 5.91 Å². The molecule has 5 heteroatoms. The lowest BCUT2D eigenvalue weighted by Crippen LogP contribution is -2.57. The number of hydrogen-bond donors (Lipinski definition) is 0. The number of benzene rings is 1. The molecule has 1 aromatic carbocycles. The van der Waals surface area contributed by atoms with Gasteiger partial charge >= 0.3 is 0 Å². The molecule has 0 N–H and O–H groups in total. The summed E-state index contributed by atoms with van der Waals surface area (Å²) in [7, 11) is 0. The lowest BCUT2D eigenvalue weighted by atomic mass is 9.98. The minimum absolute atomic E-state index is 0.0570. The summed E-state index contributed by atoms with van der Waals surface area (Å²) < 4.78 is 2.11. The third kappa shape index (κ3) is 2.97. The van der Waals surface area contributed by atoms with Crippen LogP contribution in [0.4, 0.5) is 0 Å². The van der Waals surface area contributed by atoms with Crippen LogP contribution in [0.5, 0.6) is 0 Å². The summed E-state index contributed by atoms with van der Waals surface area (Å²) in [5.41, 5.74) is 4.94. The number of aryl methyl sites for hydroxylation is 2. The molecule has 25 heavy (non-hydrogen) atoms. The van der Waals surface area contributed by atoms with Crippen LogP contribution in [0.15, 0.2) is 30.3 Å². The number of fused-ring (bicyclic) bond motifs is 1. The minimum atomic E-state index is -0.0570. The van der Waals surface area contributed by atoms with Crippen LogP contribution in [0, 0.1) is 13.8 Å². The second-order valence-electron chi connectivity index (χ2n) is 7.43. The Hall–Kier alpha value is -2.14. The average molecular weight is 338 g/mol. The van der Waals surface area contributed by atoms with Gasteiger partial charge in [0, 0.05) is 31.9 Å². The molecule has 132 valence electrons. The van der Waals surface area contributed by atoms with E-state index in [0.29, 0.717) is 6.04 Å². The minimum Gasteiger partial charge on any atom is -0.337 e. The molecule has 1 saturated heterocycles. The van der Waals surface area contributed by atoms with Crippen molar-refractivity contribution in [2.45, 2.75) is 45.8 Å². The fourth-order valence-corrected chi connectivity index (χ4v) is 4.08. The number of amides is 1. The highest BCUT2D eigenvalue weighted by molar-refractivity contribution is 5.82. The number of aromatic nitrogens is 2. The Morgan fingerprint density at radius 1 is 1.20 bits per heavy atom. The van der Waals surface area contributed by atoms with E-state index in [1.165, 1.54) is 16.8 Å². The summed E-state index contributed by atoms with van der Waals surface area (Å²) >= 11 is 0. The van der Waals surface area contributed by atoms with Gasteiger partial charge in [0.25, 0.3) is 0 Å². The van der Waals surface area contributed by atoms with Crippen molar-refractivity contribution in [3.05, 3.63) is 52.8 Å². The van der Waals surface area contributed by atoms with Crippen LogP contribution in [-0.4, -0.2) is 51.2 Å². The molecule has 1 fully saturated rings. The molecular weight excluding hydrogens is 312 g/mol. The lowest BCUT2D eigenvalue weighted by molar-refractivity contribution is -0.140.